The van der Waals surface area contributed by atoms with Crippen LogP contribution in [-0.4, -0.2) is 26.2 Å². The monoisotopic (exact) mass is 299 g/mol. The quantitative estimate of drug-likeness (QED) is 0.908. The highest BCUT2D eigenvalue weighted by Gasteiger charge is 2.11. The summed E-state index contributed by atoms with van der Waals surface area (Å²) in [6, 6.07) is 5.63. The number of carbonyl (C=O) groups is 1. The van der Waals surface area contributed by atoms with Crippen LogP contribution >= 0.6 is 15.9 Å². The Bertz CT molecular complexity index is 393. The summed E-state index contributed by atoms with van der Waals surface area (Å²) >= 11 is 3.42. The van der Waals surface area contributed by atoms with Crippen molar-refractivity contribution in [3.63, 3.8) is 0 Å². The van der Waals surface area contributed by atoms with Crippen molar-refractivity contribution in [1.82, 2.24) is 5.32 Å². The zero-order valence-electron chi connectivity index (χ0n) is 10.4. The van der Waals surface area contributed by atoms with Gasteiger partial charge >= 0.3 is 0 Å². The van der Waals surface area contributed by atoms with E-state index in [-0.39, 0.29) is 5.91 Å². The molecule has 0 aliphatic carbocycles. The molecule has 0 bridgehead atoms. The predicted molar refractivity (Wildman–Crippen MR) is 72.3 cm³/mol. The molecule has 4 heteroatoms. The van der Waals surface area contributed by atoms with Gasteiger partial charge in [0.25, 0.3) is 5.91 Å². The van der Waals surface area contributed by atoms with E-state index in [2.05, 4.69) is 21.2 Å². The second kappa shape index (κ2) is 6.77. The summed E-state index contributed by atoms with van der Waals surface area (Å²) in [4.78, 5) is 12.0. The van der Waals surface area contributed by atoms with Crippen LogP contribution in [0.2, 0.25) is 0 Å². The summed E-state index contributed by atoms with van der Waals surface area (Å²) in [6.45, 7) is 5.24. The van der Waals surface area contributed by atoms with Crippen LogP contribution in [0.3, 0.4) is 0 Å². The van der Waals surface area contributed by atoms with Crippen LogP contribution in [-0.2, 0) is 4.74 Å². The van der Waals surface area contributed by atoms with Crippen LogP contribution in [0.1, 0.15) is 22.8 Å². The molecule has 0 radical (unpaired) electrons. The van der Waals surface area contributed by atoms with Gasteiger partial charge in [0.15, 0.2) is 0 Å². The van der Waals surface area contributed by atoms with Gasteiger partial charge in [-0.1, -0.05) is 28.9 Å². The number of rotatable bonds is 5. The Kier molecular flexibility index (Phi) is 5.65. The molecule has 1 aromatic rings. The van der Waals surface area contributed by atoms with Gasteiger partial charge in [0.2, 0.25) is 0 Å². The third-order valence-electron chi connectivity index (χ3n) is 2.57. The Morgan fingerprint density at radius 1 is 1.53 bits per heavy atom. The lowest BCUT2D eigenvalue weighted by molar-refractivity contribution is 0.0933. The minimum atomic E-state index is -0.0354. The lowest BCUT2D eigenvalue weighted by atomic mass is 10.1. The van der Waals surface area contributed by atoms with Crippen molar-refractivity contribution in [1.29, 1.82) is 0 Å². The molecule has 1 N–H and O–H groups in total. The molecule has 0 saturated heterocycles. The zero-order valence-corrected chi connectivity index (χ0v) is 12.0. The van der Waals surface area contributed by atoms with Crippen molar-refractivity contribution < 1.29 is 9.53 Å². The number of benzene rings is 1. The molecule has 17 heavy (non-hydrogen) atoms. The highest BCUT2D eigenvalue weighted by atomic mass is 79.9. The van der Waals surface area contributed by atoms with Gasteiger partial charge in [0, 0.05) is 23.7 Å². The molecule has 0 aliphatic heterocycles. The number of carbonyl (C=O) groups excluding carboxylic acids is 1. The van der Waals surface area contributed by atoms with E-state index in [1.165, 1.54) is 0 Å². The largest absolute Gasteiger partial charge is 0.384 e. The fourth-order valence-electron chi connectivity index (χ4n) is 1.56. The number of hydrogen-bond donors (Lipinski definition) is 1. The van der Waals surface area contributed by atoms with Gasteiger partial charge < -0.3 is 10.1 Å². The van der Waals surface area contributed by atoms with E-state index in [9.17, 15) is 4.79 Å². The van der Waals surface area contributed by atoms with Gasteiger partial charge in [-0.3, -0.25) is 4.79 Å². The summed E-state index contributed by atoms with van der Waals surface area (Å²) in [5.74, 6) is 0.281. The molecule has 1 unspecified atom stereocenters. The highest BCUT2D eigenvalue weighted by molar-refractivity contribution is 9.10. The Morgan fingerprint density at radius 3 is 2.88 bits per heavy atom. The van der Waals surface area contributed by atoms with Crippen LogP contribution in [0, 0.1) is 12.8 Å². The summed E-state index contributed by atoms with van der Waals surface area (Å²) in [5, 5.41) is 2.91. The minimum absolute atomic E-state index is 0.0354. The van der Waals surface area contributed by atoms with Gasteiger partial charge in [-0.2, -0.15) is 0 Å². The molecule has 3 nitrogen and oxygen atoms in total. The summed E-state index contributed by atoms with van der Waals surface area (Å²) in [6.07, 6.45) is 0. The molecule has 1 rings (SSSR count). The van der Waals surface area contributed by atoms with Crippen LogP contribution in [0.5, 0.6) is 0 Å². The van der Waals surface area contributed by atoms with Crippen LogP contribution in [0.15, 0.2) is 22.7 Å². The maximum absolute atomic E-state index is 12.0. The molecule has 0 fully saturated rings. The van der Waals surface area contributed by atoms with Gasteiger partial charge in [0.05, 0.1) is 6.61 Å². The topological polar surface area (TPSA) is 38.3 Å². The second-order valence-corrected chi connectivity index (χ2v) is 5.04. The molecule has 0 aromatic heterocycles. The van der Waals surface area contributed by atoms with E-state index in [1.807, 2.05) is 32.0 Å². The normalized spacial score (nSPS) is 12.2. The third-order valence-corrected chi connectivity index (χ3v) is 3.43. The predicted octanol–water partition coefficient (Wildman–Crippen LogP) is 2.77. The number of amides is 1. The zero-order chi connectivity index (χ0) is 12.8. The first-order chi connectivity index (χ1) is 8.06. The SMILES string of the molecule is COCC(C)CNC(=O)c1cccc(Br)c1C. The van der Waals surface area contributed by atoms with Crippen molar-refractivity contribution in [3.8, 4) is 0 Å². The highest BCUT2D eigenvalue weighted by Crippen LogP contribution is 2.19. The Balaban J connectivity index is 2.61. The fourth-order valence-corrected chi connectivity index (χ4v) is 1.93. The van der Waals surface area contributed by atoms with Crippen molar-refractivity contribution >= 4 is 21.8 Å². The van der Waals surface area contributed by atoms with Crippen molar-refractivity contribution in [2.75, 3.05) is 20.3 Å². The molecular weight excluding hydrogens is 282 g/mol. The maximum atomic E-state index is 12.0. The average molecular weight is 300 g/mol. The van der Waals surface area contributed by atoms with Crippen LogP contribution < -0.4 is 5.32 Å². The van der Waals surface area contributed by atoms with Crippen molar-refractivity contribution in [2.45, 2.75) is 13.8 Å². The number of methoxy groups -OCH3 is 1. The summed E-state index contributed by atoms with van der Waals surface area (Å²) in [7, 11) is 1.66. The molecular formula is C13H18BrNO2. The number of halogens is 1. The fraction of sp³-hybridized carbons (Fsp3) is 0.462. The summed E-state index contributed by atoms with van der Waals surface area (Å²) in [5.41, 5.74) is 1.67. The van der Waals surface area contributed by atoms with E-state index < -0.39 is 0 Å². The van der Waals surface area contributed by atoms with Crippen LogP contribution in [0.25, 0.3) is 0 Å². The first-order valence-electron chi connectivity index (χ1n) is 5.58. The molecule has 0 aliphatic rings. The van der Waals surface area contributed by atoms with Gasteiger partial charge in [0.1, 0.15) is 0 Å². The molecule has 1 aromatic carbocycles. The summed E-state index contributed by atoms with van der Waals surface area (Å²) < 4.78 is 5.98. The van der Waals surface area contributed by atoms with Gasteiger partial charge in [-0.15, -0.1) is 0 Å². The number of ether oxygens (including phenoxy) is 1. The second-order valence-electron chi connectivity index (χ2n) is 4.18. The average Bonchev–Trinajstić information content (AvgIpc) is 2.30. The lowest BCUT2D eigenvalue weighted by Gasteiger charge is -2.13. The maximum Gasteiger partial charge on any atom is 0.251 e. The standard InChI is InChI=1S/C13H18BrNO2/c1-9(8-17-3)7-15-13(16)11-5-4-6-12(14)10(11)2/h4-6,9H,7-8H2,1-3H3,(H,15,16). The van der Waals surface area contributed by atoms with Gasteiger partial charge in [-0.25, -0.2) is 0 Å². The third kappa shape index (κ3) is 4.13. The first kappa shape index (κ1) is 14.2. The smallest absolute Gasteiger partial charge is 0.251 e. The number of hydrogen-bond acceptors (Lipinski definition) is 2. The Hall–Kier alpha value is -0.870. The molecule has 94 valence electrons. The molecule has 0 saturated carbocycles. The van der Waals surface area contributed by atoms with E-state index in [4.69, 9.17) is 4.74 Å². The molecule has 1 amide bonds. The van der Waals surface area contributed by atoms with Crippen molar-refractivity contribution in [3.05, 3.63) is 33.8 Å². The molecule has 1 atom stereocenters. The first-order valence-corrected chi connectivity index (χ1v) is 6.37. The van der Waals surface area contributed by atoms with E-state index in [0.29, 0.717) is 24.6 Å². The minimum Gasteiger partial charge on any atom is -0.384 e. The Labute approximate surface area is 111 Å². The van der Waals surface area contributed by atoms with Gasteiger partial charge in [-0.05, 0) is 30.5 Å². The lowest BCUT2D eigenvalue weighted by Crippen LogP contribution is -2.30. The van der Waals surface area contributed by atoms with E-state index >= 15 is 0 Å². The molecule has 0 heterocycles. The van der Waals surface area contributed by atoms with E-state index in [0.717, 1.165) is 10.0 Å². The molecule has 0 spiro atoms. The van der Waals surface area contributed by atoms with Crippen LogP contribution in [0.4, 0.5) is 0 Å². The Morgan fingerprint density at radius 2 is 2.24 bits per heavy atom. The van der Waals surface area contributed by atoms with Crippen molar-refractivity contribution in [2.24, 2.45) is 5.92 Å². The van der Waals surface area contributed by atoms with E-state index in [1.54, 1.807) is 7.11 Å². The number of nitrogens with one attached hydrogen (secondary N) is 1.